The maximum absolute atomic E-state index is 11.7. The van der Waals surface area contributed by atoms with E-state index < -0.39 is 0 Å². The van der Waals surface area contributed by atoms with E-state index in [1.165, 1.54) is 19.3 Å². The highest BCUT2D eigenvalue weighted by molar-refractivity contribution is 6.00. The topological polar surface area (TPSA) is 59.3 Å². The Bertz CT molecular complexity index is 908. The van der Waals surface area contributed by atoms with E-state index in [9.17, 15) is 4.79 Å². The zero-order valence-corrected chi connectivity index (χ0v) is 13.7. The van der Waals surface area contributed by atoms with Crippen LogP contribution in [-0.2, 0) is 6.42 Å². The number of rotatable bonds is 2. The molecule has 0 unspecified atom stereocenters. The number of anilines is 1. The molecule has 0 bridgehead atoms. The normalized spacial score (nSPS) is 15.0. The van der Waals surface area contributed by atoms with Crippen molar-refractivity contribution in [2.45, 2.75) is 32.1 Å². The van der Waals surface area contributed by atoms with Crippen molar-refractivity contribution in [3.05, 3.63) is 47.9 Å². The molecular weight excluding hydrogens is 300 g/mol. The van der Waals surface area contributed by atoms with Crippen molar-refractivity contribution in [2.75, 3.05) is 12.4 Å². The number of nitrogens with zero attached hydrogens (tertiary/aromatic N) is 3. The zero-order chi connectivity index (χ0) is 16.5. The number of aromatic nitrogens is 3. The van der Waals surface area contributed by atoms with Crippen LogP contribution in [0.25, 0.3) is 16.9 Å². The third-order valence-electron chi connectivity index (χ3n) is 4.34. The Morgan fingerprint density at radius 2 is 1.96 bits per heavy atom. The Kier molecular flexibility index (Phi) is 3.76. The van der Waals surface area contributed by atoms with Crippen LogP contribution < -0.4 is 5.32 Å². The predicted molar refractivity (Wildman–Crippen MR) is 94.5 cm³/mol. The Morgan fingerprint density at radius 3 is 2.71 bits per heavy atom. The molecule has 2 heterocycles. The van der Waals surface area contributed by atoms with Crippen molar-refractivity contribution in [3.63, 3.8) is 0 Å². The summed E-state index contributed by atoms with van der Waals surface area (Å²) in [7, 11) is 1.83. The second-order valence-corrected chi connectivity index (χ2v) is 6.22. The molecule has 1 saturated carbocycles. The van der Waals surface area contributed by atoms with E-state index in [2.05, 4.69) is 21.4 Å². The SMILES string of the molecule is C1CC1.CNc1ncc(-c2ccc3c(c2)CCC3=O)n2ccnc12. The molecule has 0 amide bonds. The molecular formula is C19H20N4O. The summed E-state index contributed by atoms with van der Waals surface area (Å²) in [6, 6.07) is 6.00. The number of ketones is 1. The van der Waals surface area contributed by atoms with Gasteiger partial charge in [-0.1, -0.05) is 31.4 Å². The van der Waals surface area contributed by atoms with Crippen LogP contribution in [0.2, 0.25) is 0 Å². The van der Waals surface area contributed by atoms with Crippen molar-refractivity contribution in [3.8, 4) is 11.3 Å². The molecule has 24 heavy (non-hydrogen) atoms. The van der Waals surface area contributed by atoms with Crippen LogP contribution in [0.1, 0.15) is 41.6 Å². The van der Waals surface area contributed by atoms with Gasteiger partial charge in [0.2, 0.25) is 0 Å². The van der Waals surface area contributed by atoms with E-state index in [-0.39, 0.29) is 5.78 Å². The van der Waals surface area contributed by atoms with Gasteiger partial charge in [-0.25, -0.2) is 9.97 Å². The van der Waals surface area contributed by atoms with Crippen LogP contribution in [-0.4, -0.2) is 27.2 Å². The number of nitrogens with one attached hydrogen (secondary N) is 1. The number of hydrogen-bond donors (Lipinski definition) is 1. The summed E-state index contributed by atoms with van der Waals surface area (Å²) in [5.41, 5.74) is 4.82. The van der Waals surface area contributed by atoms with Crippen molar-refractivity contribution < 1.29 is 4.79 Å². The first-order valence-electron chi connectivity index (χ1n) is 8.44. The second kappa shape index (κ2) is 6.07. The van der Waals surface area contributed by atoms with Gasteiger partial charge in [0.25, 0.3) is 0 Å². The molecule has 1 fully saturated rings. The summed E-state index contributed by atoms with van der Waals surface area (Å²) >= 11 is 0. The van der Waals surface area contributed by atoms with Crippen LogP contribution in [0.5, 0.6) is 0 Å². The largest absolute Gasteiger partial charge is 0.370 e. The molecule has 1 aromatic carbocycles. The number of carbonyl (C=O) groups excluding carboxylic acids is 1. The summed E-state index contributed by atoms with van der Waals surface area (Å²) in [4.78, 5) is 20.5. The number of imidazole rings is 1. The van der Waals surface area contributed by atoms with E-state index >= 15 is 0 Å². The number of aryl methyl sites for hydroxylation is 1. The van der Waals surface area contributed by atoms with Gasteiger partial charge >= 0.3 is 0 Å². The predicted octanol–water partition coefficient (Wildman–Crippen LogP) is 3.74. The first-order chi connectivity index (χ1) is 11.8. The lowest BCUT2D eigenvalue weighted by molar-refractivity contribution is 0.0994. The molecule has 5 heteroatoms. The molecule has 1 N–H and O–H groups in total. The molecule has 3 aromatic rings. The van der Waals surface area contributed by atoms with Crippen LogP contribution >= 0.6 is 0 Å². The number of fused-ring (bicyclic) bond motifs is 2. The number of benzene rings is 1. The van der Waals surface area contributed by atoms with Crippen molar-refractivity contribution in [2.24, 2.45) is 0 Å². The average molecular weight is 320 g/mol. The summed E-state index contributed by atoms with van der Waals surface area (Å²) in [5, 5.41) is 3.04. The van der Waals surface area contributed by atoms with Gasteiger partial charge in [0, 0.05) is 37.0 Å². The van der Waals surface area contributed by atoms with E-state index in [1.807, 2.05) is 36.0 Å². The lowest BCUT2D eigenvalue weighted by atomic mass is 10.0. The fourth-order valence-electron chi connectivity index (χ4n) is 2.92. The maximum Gasteiger partial charge on any atom is 0.180 e. The summed E-state index contributed by atoms with van der Waals surface area (Å²) in [6.45, 7) is 0. The van der Waals surface area contributed by atoms with E-state index in [4.69, 9.17) is 0 Å². The highest BCUT2D eigenvalue weighted by atomic mass is 16.1. The molecule has 0 saturated heterocycles. The van der Waals surface area contributed by atoms with E-state index in [1.54, 1.807) is 6.20 Å². The minimum Gasteiger partial charge on any atom is -0.370 e. The lowest BCUT2D eigenvalue weighted by Crippen LogP contribution is -2.00. The van der Waals surface area contributed by atoms with Gasteiger partial charge in [0.1, 0.15) is 0 Å². The minimum absolute atomic E-state index is 0.244. The molecule has 2 aliphatic rings. The highest BCUT2D eigenvalue weighted by Crippen LogP contribution is 2.29. The number of Topliss-reactive ketones (excluding diaryl/α,β-unsaturated/α-hetero) is 1. The minimum atomic E-state index is 0.244. The molecule has 2 aromatic heterocycles. The maximum atomic E-state index is 11.7. The van der Waals surface area contributed by atoms with Crippen molar-refractivity contribution in [1.29, 1.82) is 0 Å². The van der Waals surface area contributed by atoms with Crippen molar-refractivity contribution >= 4 is 17.2 Å². The fraction of sp³-hybridized carbons (Fsp3) is 0.316. The molecule has 5 nitrogen and oxygen atoms in total. The van der Waals surface area contributed by atoms with Gasteiger partial charge in [-0.3, -0.25) is 9.20 Å². The quantitative estimate of drug-likeness (QED) is 0.781. The molecule has 122 valence electrons. The summed E-state index contributed by atoms with van der Waals surface area (Å²) < 4.78 is 2.01. The Hall–Kier alpha value is -2.69. The third-order valence-corrected chi connectivity index (χ3v) is 4.34. The fourth-order valence-corrected chi connectivity index (χ4v) is 2.92. The number of hydrogen-bond acceptors (Lipinski definition) is 4. The van der Waals surface area contributed by atoms with Crippen molar-refractivity contribution in [1.82, 2.24) is 14.4 Å². The second-order valence-electron chi connectivity index (χ2n) is 6.22. The Morgan fingerprint density at radius 1 is 1.12 bits per heavy atom. The molecule has 2 aliphatic carbocycles. The third kappa shape index (κ3) is 2.66. The van der Waals surface area contributed by atoms with Crippen LogP contribution in [0.4, 0.5) is 5.82 Å². The van der Waals surface area contributed by atoms with Gasteiger partial charge in [0.15, 0.2) is 17.2 Å². The van der Waals surface area contributed by atoms with Crippen LogP contribution in [0.3, 0.4) is 0 Å². The standard InChI is InChI=1S/C16H14N4O.C3H6/c1-17-15-16-18-6-7-20(16)13(9-19-15)11-2-4-12-10(8-11)3-5-14(12)21;1-2-3-1/h2,4,6-9H,3,5H2,1H3,(H,17,19);1-3H2. The molecule has 0 radical (unpaired) electrons. The molecule has 0 aliphatic heterocycles. The molecule has 5 rings (SSSR count). The summed E-state index contributed by atoms with van der Waals surface area (Å²) in [6.07, 6.45) is 11.5. The van der Waals surface area contributed by atoms with Gasteiger partial charge in [-0.2, -0.15) is 0 Å². The average Bonchev–Trinajstić information content (AvgIpc) is 3.34. The molecule has 0 atom stereocenters. The van der Waals surface area contributed by atoms with E-state index in [0.717, 1.165) is 40.3 Å². The number of carbonyl (C=O) groups is 1. The lowest BCUT2D eigenvalue weighted by Gasteiger charge is -2.09. The van der Waals surface area contributed by atoms with Gasteiger partial charge < -0.3 is 5.32 Å². The highest BCUT2D eigenvalue weighted by Gasteiger charge is 2.20. The monoisotopic (exact) mass is 320 g/mol. The zero-order valence-electron chi connectivity index (χ0n) is 13.7. The smallest absolute Gasteiger partial charge is 0.180 e. The first-order valence-corrected chi connectivity index (χ1v) is 8.44. The first kappa shape index (κ1) is 14.9. The Balaban J connectivity index is 0.000000440. The van der Waals surface area contributed by atoms with E-state index in [0.29, 0.717) is 6.42 Å². The van der Waals surface area contributed by atoms with Gasteiger partial charge in [-0.15, -0.1) is 0 Å². The van der Waals surface area contributed by atoms with Crippen LogP contribution in [0.15, 0.2) is 36.8 Å². The van der Waals surface area contributed by atoms with Gasteiger partial charge in [0.05, 0.1) is 11.9 Å². The Labute approximate surface area is 140 Å². The van der Waals surface area contributed by atoms with Gasteiger partial charge in [-0.05, 0) is 18.1 Å². The molecule has 0 spiro atoms. The van der Waals surface area contributed by atoms with Crippen LogP contribution in [0, 0.1) is 0 Å². The summed E-state index contributed by atoms with van der Waals surface area (Å²) in [5.74, 6) is 0.994.